The van der Waals surface area contributed by atoms with Gasteiger partial charge in [0.15, 0.2) is 5.78 Å². The zero-order valence-corrected chi connectivity index (χ0v) is 41.4. The van der Waals surface area contributed by atoms with Crippen molar-refractivity contribution in [3.8, 4) is 0 Å². The number of unbranched alkanes of at least 4 members (excludes halogenated alkanes) is 3. The van der Waals surface area contributed by atoms with Gasteiger partial charge >= 0.3 is 23.9 Å². The number of rotatable bonds is 23. The van der Waals surface area contributed by atoms with Gasteiger partial charge in [-0.05, 0) is 87.4 Å². The number of carbonyl (C=O) groups excluding carboxylic acids is 4. The second kappa shape index (κ2) is 22.7. The van der Waals surface area contributed by atoms with Gasteiger partial charge in [0.05, 0.1) is 11.8 Å². The van der Waals surface area contributed by atoms with Crippen molar-refractivity contribution >= 4 is 71.2 Å². The largest absolute Gasteiger partial charge is 0.480 e. The highest BCUT2D eigenvalue weighted by molar-refractivity contribution is 6.13. The quantitative estimate of drug-likeness (QED) is 0.0631. The van der Waals surface area contributed by atoms with Gasteiger partial charge in [0.25, 0.3) is 0 Å². The molecule has 5 heterocycles. The number of ether oxygens (including phenoxy) is 1. The molecule has 0 saturated carbocycles. The van der Waals surface area contributed by atoms with E-state index in [4.69, 9.17) is 4.74 Å². The summed E-state index contributed by atoms with van der Waals surface area (Å²) in [7, 11) is 0. The van der Waals surface area contributed by atoms with Crippen LogP contribution >= 0.6 is 0 Å². The number of hydrogen-bond donors (Lipinski definition) is 8. The van der Waals surface area contributed by atoms with Crippen LogP contribution in [-0.2, 0) is 44.7 Å². The van der Waals surface area contributed by atoms with Crippen LogP contribution in [0.25, 0.3) is 23.8 Å². The van der Waals surface area contributed by atoms with E-state index < -0.39 is 86.8 Å². The van der Waals surface area contributed by atoms with Crippen LogP contribution in [0.4, 0.5) is 0 Å². The third kappa shape index (κ3) is 12.0. The number of carbonyl (C=O) groups is 8. The molecule has 3 atom stereocenters. The number of fused-ring (bicyclic) bond motifs is 7. The molecule has 0 spiro atoms. The lowest BCUT2D eigenvalue weighted by Gasteiger charge is -2.28. The minimum atomic E-state index is -1.54. The molecule has 3 aromatic rings. The zero-order chi connectivity index (χ0) is 52.0. The maximum Gasteiger partial charge on any atom is 0.323 e. The molecule has 6 rings (SSSR count). The second-order valence-electron chi connectivity index (χ2n) is 18.7. The van der Waals surface area contributed by atoms with Gasteiger partial charge in [-0.2, -0.15) is 0 Å². The number of aromatic nitrogens is 3. The molecule has 3 amide bonds. The first-order valence-corrected chi connectivity index (χ1v) is 24.1. The molecule has 0 aromatic carbocycles. The van der Waals surface area contributed by atoms with Crippen molar-refractivity contribution in [1.82, 2.24) is 35.0 Å². The van der Waals surface area contributed by atoms with Crippen LogP contribution in [0.5, 0.6) is 0 Å². The molecule has 20 heteroatoms. The SMILES string of the molecule is CCCCCCOC(C)c1c2[nH]c(c1C)C=C1NC(=C3CC(=O)c4c3[nH]c(c4C)C=c3[nH]c(c(C)c3CC)=C2)C(CCC(=O)N(CC(=O)N(CC(=O)O)CC(=O)O)CC(=O)N(CC(=O)O)CC(=O)O)C1C. The molecule has 3 aliphatic rings. The van der Waals surface area contributed by atoms with Gasteiger partial charge < -0.3 is 60.1 Å². The van der Waals surface area contributed by atoms with Crippen molar-refractivity contribution in [2.24, 2.45) is 11.8 Å². The van der Waals surface area contributed by atoms with Crippen molar-refractivity contribution in [3.05, 3.63) is 78.2 Å². The predicted octanol–water partition coefficient (Wildman–Crippen LogP) is 3.59. The average Bonchev–Trinajstić information content (AvgIpc) is 4.05. The van der Waals surface area contributed by atoms with E-state index in [1.54, 1.807) is 0 Å². The first kappa shape index (κ1) is 53.1. The predicted molar refractivity (Wildman–Crippen MR) is 260 cm³/mol. The van der Waals surface area contributed by atoms with E-state index in [9.17, 15) is 58.8 Å². The highest BCUT2D eigenvalue weighted by Crippen LogP contribution is 2.46. The monoisotopic (exact) mass is 983 g/mol. The van der Waals surface area contributed by atoms with E-state index >= 15 is 0 Å². The Balaban J connectivity index is 1.45. The number of Topliss-reactive ketones (excluding diaryl/α,β-unsaturated/α-hetero) is 1. The van der Waals surface area contributed by atoms with Gasteiger partial charge in [-0.25, -0.2) is 0 Å². The summed E-state index contributed by atoms with van der Waals surface area (Å²) in [5, 5.41) is 43.2. The molecule has 1 aliphatic carbocycles. The summed E-state index contributed by atoms with van der Waals surface area (Å²) in [6.07, 6.45) is 10.7. The highest BCUT2D eigenvalue weighted by atomic mass is 16.5. The molecule has 8 N–H and O–H groups in total. The topological polar surface area (TPSA) is 296 Å². The molecule has 3 aromatic heterocycles. The van der Waals surface area contributed by atoms with E-state index in [1.807, 2.05) is 39.8 Å². The molecule has 3 unspecified atom stereocenters. The fraction of sp³-hybridized carbons (Fsp3) is 0.490. The summed E-state index contributed by atoms with van der Waals surface area (Å²) in [5.41, 5.74) is 10.7. The molecular formula is C51H65N7O13. The van der Waals surface area contributed by atoms with Crippen molar-refractivity contribution < 1.29 is 63.5 Å². The van der Waals surface area contributed by atoms with Crippen LogP contribution in [-0.4, -0.2) is 143 Å². The minimum absolute atomic E-state index is 0.0556. The fourth-order valence-electron chi connectivity index (χ4n) is 10.1. The van der Waals surface area contributed by atoms with Crippen LogP contribution in [0.2, 0.25) is 0 Å². The summed E-state index contributed by atoms with van der Waals surface area (Å²) >= 11 is 0. The lowest BCUT2D eigenvalue weighted by atomic mass is 9.86. The van der Waals surface area contributed by atoms with Gasteiger partial charge in [0.2, 0.25) is 17.7 Å². The Bertz CT molecular complexity index is 2740. The summed E-state index contributed by atoms with van der Waals surface area (Å²) < 4.78 is 6.48. The average molecular weight is 984 g/mol. The molecule has 1 saturated heterocycles. The van der Waals surface area contributed by atoms with Crippen LogP contribution in [0.3, 0.4) is 0 Å². The fourth-order valence-corrected chi connectivity index (χ4v) is 10.1. The number of allylic oxidation sites excluding steroid dienone is 3. The maximum atomic E-state index is 14.4. The van der Waals surface area contributed by atoms with Crippen LogP contribution in [0.1, 0.15) is 140 Å². The molecule has 20 nitrogen and oxygen atoms in total. The van der Waals surface area contributed by atoms with Gasteiger partial charge in [-0.3, -0.25) is 38.4 Å². The molecule has 1 fully saturated rings. The Morgan fingerprint density at radius 3 is 1.82 bits per heavy atom. The number of nitrogens with one attached hydrogen (secondary N) is 4. The second-order valence-corrected chi connectivity index (χ2v) is 18.7. The third-order valence-electron chi connectivity index (χ3n) is 13.8. The molecule has 382 valence electrons. The first-order chi connectivity index (χ1) is 33.6. The Kier molecular flexibility index (Phi) is 17.0. The van der Waals surface area contributed by atoms with E-state index in [0.717, 1.165) is 98.3 Å². The number of aliphatic carboxylic acids is 4. The van der Waals surface area contributed by atoms with Crippen molar-refractivity contribution in [3.63, 3.8) is 0 Å². The van der Waals surface area contributed by atoms with E-state index in [2.05, 4.69) is 47.1 Å². The number of H-pyrrole nitrogens is 3. The summed E-state index contributed by atoms with van der Waals surface area (Å²) in [6.45, 7) is 8.79. The zero-order valence-electron chi connectivity index (χ0n) is 41.4. The number of hydrogen-bond acceptors (Lipinski definition) is 10. The number of ketones is 1. The van der Waals surface area contributed by atoms with E-state index in [-0.39, 0.29) is 37.1 Å². The van der Waals surface area contributed by atoms with E-state index in [0.29, 0.717) is 38.9 Å². The Morgan fingerprint density at radius 1 is 0.690 bits per heavy atom. The third-order valence-corrected chi connectivity index (χ3v) is 13.8. The lowest BCUT2D eigenvalue weighted by molar-refractivity contribution is -0.153. The van der Waals surface area contributed by atoms with Crippen molar-refractivity contribution in [2.45, 2.75) is 106 Å². The number of amides is 3. The van der Waals surface area contributed by atoms with Gasteiger partial charge in [-0.1, -0.05) is 40.0 Å². The molecule has 71 heavy (non-hydrogen) atoms. The normalized spacial score (nSPS) is 16.2. The Hall–Kier alpha value is -7.22. The first-order valence-electron chi connectivity index (χ1n) is 24.1. The number of carboxylic acids is 4. The van der Waals surface area contributed by atoms with Gasteiger partial charge in [0, 0.05) is 87.2 Å². The number of aromatic amines is 3. The lowest BCUT2D eigenvalue weighted by Crippen LogP contribution is -2.50. The molecular weight excluding hydrogens is 919 g/mol. The van der Waals surface area contributed by atoms with E-state index in [1.165, 1.54) is 0 Å². The Morgan fingerprint density at radius 2 is 1.25 bits per heavy atom. The standard InChI is InChI=1S/C51H65N7O13/c1-8-10-11-12-15-71-30(7)48-28(5)36-17-35-27(4)32(13-14-41(60)56(20-42(61)57(22-44(63)64)23-45(65)66)21-43(62)58(24-46(67)68)25-47(69)70)50(54-35)33-16-40(59)49-29(6)37(55-51(33)49)18-38-31(9-2)26(3)34(52-38)19-39(48)53-36/h17-19,27,30,32,52-55H,8-16,20-25H2,1-7H3,(H,63,64)(H,65,66)(H,67,68)(H,69,70). The van der Waals surface area contributed by atoms with Crippen LogP contribution in [0.15, 0.2) is 11.4 Å². The molecule has 2 aliphatic heterocycles. The minimum Gasteiger partial charge on any atom is -0.480 e. The molecule has 0 radical (unpaired) electrons. The van der Waals surface area contributed by atoms with Crippen molar-refractivity contribution in [2.75, 3.05) is 45.9 Å². The molecule has 8 bridgehead atoms. The van der Waals surface area contributed by atoms with Crippen LogP contribution in [0, 0.1) is 32.6 Å². The van der Waals surface area contributed by atoms with Gasteiger partial charge in [-0.15, -0.1) is 0 Å². The highest BCUT2D eigenvalue weighted by Gasteiger charge is 2.40. The summed E-state index contributed by atoms with van der Waals surface area (Å²) in [5.74, 6) is -10.1. The Labute approximate surface area is 410 Å². The van der Waals surface area contributed by atoms with Crippen LogP contribution < -0.4 is 16.0 Å². The summed E-state index contributed by atoms with van der Waals surface area (Å²) in [6, 6.07) is 0. The number of nitrogens with zero attached hydrogens (tertiary/aromatic N) is 3. The maximum absolute atomic E-state index is 14.4. The van der Waals surface area contributed by atoms with Gasteiger partial charge in [0.1, 0.15) is 39.3 Å². The van der Waals surface area contributed by atoms with Crippen molar-refractivity contribution in [1.29, 1.82) is 0 Å². The summed E-state index contributed by atoms with van der Waals surface area (Å²) in [4.78, 5) is 115. The number of carboxylic acid groups (broad SMARTS) is 4. The smallest absolute Gasteiger partial charge is 0.323 e.